The Kier molecular flexibility index (Phi) is 29.3. The molecule has 4 aliphatic rings. The van der Waals surface area contributed by atoms with Crippen LogP contribution in [0.3, 0.4) is 0 Å². The van der Waals surface area contributed by atoms with Gasteiger partial charge < -0.3 is 59.7 Å². The predicted molar refractivity (Wildman–Crippen MR) is 375 cm³/mol. The fourth-order valence-corrected chi connectivity index (χ4v) is 14.1. The standard InChI is InChI=1S/C74H113N5O14SSi/c1-16-55-40-48(6)74(77-67(55)84)52(10)65(82)51(9)63(92-74)43-62(91-72(94)89-44-53-30-22-18-23-31-53)47(5)29-21-17-20-28-46(4)61-36-25-19-24-35-60(81)50(8)66(83)57(38-37-49(7)80)68(85)76-64(45(2)3)69(86)75-59(70(87)79-39-27-34-58(78-79)71(88)90-61)42-54-32-26-33-56(41-54)93-95(14,15)73(11,12)13/h17-20,22-26,28,30-33,35,41,45,47-52,55,57-66,78,80-83H,16,21,27,29,34,36-40,42-44H2,1-15H3,(H,75,86)(H,76,85)(H,77,84)/b20-17+,25-19+,35-24+,46-28+/t47-,48-,49?,50-,51-,52-,55-,57+,58-,59?,60-,61?,62-,63-,64-,65-,66+,74+/m0/s1. The second-order valence-electron chi connectivity index (χ2n) is 29.3. The summed E-state index contributed by atoms with van der Waals surface area (Å²) in [5.41, 5.74) is 4.44. The summed E-state index contributed by atoms with van der Waals surface area (Å²) in [6, 6.07) is 13.8. The molecule has 0 aliphatic carbocycles. The highest BCUT2D eigenvalue weighted by molar-refractivity contribution is 7.79. The number of nitrogens with zero attached hydrogens (tertiary/aromatic N) is 1. The number of hydrogen-bond acceptors (Lipinski definition) is 16. The number of ether oxygens (including phenoxy) is 4. The maximum atomic E-state index is 15.1. The number of allylic oxidation sites excluding steroid dienone is 5. The van der Waals surface area contributed by atoms with Crippen LogP contribution in [0.2, 0.25) is 18.1 Å². The van der Waals surface area contributed by atoms with Crippen molar-refractivity contribution >= 4 is 55.4 Å². The molecule has 21 heteroatoms. The van der Waals surface area contributed by atoms with E-state index in [9.17, 15) is 39.6 Å². The van der Waals surface area contributed by atoms with Crippen LogP contribution in [-0.4, -0.2) is 142 Å². The number of amides is 4. The highest BCUT2D eigenvalue weighted by atomic mass is 32.1. The summed E-state index contributed by atoms with van der Waals surface area (Å²) in [5.74, 6) is -5.25. The maximum Gasteiger partial charge on any atom is 0.352 e. The molecule has 18 atom stereocenters. The Bertz CT molecular complexity index is 2990. The third-order valence-corrected chi connectivity index (χ3v) is 25.1. The summed E-state index contributed by atoms with van der Waals surface area (Å²) in [6.07, 6.45) is 10.8. The second kappa shape index (κ2) is 35.6. The van der Waals surface area contributed by atoms with E-state index in [1.807, 2.05) is 107 Å². The molecule has 3 saturated heterocycles. The van der Waals surface area contributed by atoms with Gasteiger partial charge in [-0.2, -0.15) is 0 Å². The molecule has 6 rings (SSSR count). The maximum absolute atomic E-state index is 15.1. The van der Waals surface area contributed by atoms with Crippen molar-refractivity contribution in [2.45, 2.75) is 252 Å². The van der Waals surface area contributed by atoms with E-state index in [-0.39, 0.29) is 84.6 Å². The minimum Gasteiger partial charge on any atom is -0.543 e. The van der Waals surface area contributed by atoms with Gasteiger partial charge in [-0.3, -0.25) is 29.0 Å². The Morgan fingerprint density at radius 2 is 1.60 bits per heavy atom. The van der Waals surface area contributed by atoms with Crippen LogP contribution in [0.5, 0.6) is 5.75 Å². The number of esters is 1. The summed E-state index contributed by atoms with van der Waals surface area (Å²) in [7, 11) is -2.29. The topological polar surface area (TPSA) is 264 Å². The summed E-state index contributed by atoms with van der Waals surface area (Å²) < 4.78 is 32.6. The number of aliphatic hydroxyl groups excluding tert-OH is 4. The van der Waals surface area contributed by atoms with E-state index in [0.717, 1.165) is 11.1 Å². The second-order valence-corrected chi connectivity index (χ2v) is 34.4. The summed E-state index contributed by atoms with van der Waals surface area (Å²) in [5, 5.41) is 55.8. The molecule has 528 valence electrons. The lowest BCUT2D eigenvalue weighted by atomic mass is 9.69. The van der Waals surface area contributed by atoms with Crippen LogP contribution in [0.4, 0.5) is 0 Å². The lowest BCUT2D eigenvalue weighted by molar-refractivity contribution is -0.267. The molecule has 8 N–H and O–H groups in total. The van der Waals surface area contributed by atoms with Crippen molar-refractivity contribution < 1.29 is 67.8 Å². The summed E-state index contributed by atoms with van der Waals surface area (Å²) in [4.78, 5) is 72.1. The van der Waals surface area contributed by atoms with E-state index in [4.69, 9.17) is 35.6 Å². The number of hydrogen-bond donors (Lipinski definition) is 8. The first kappa shape index (κ1) is 78.2. The number of carbonyl (C=O) groups is 5. The van der Waals surface area contributed by atoms with Crippen molar-refractivity contribution in [2.24, 2.45) is 47.3 Å². The molecule has 4 amide bonds. The predicted octanol–water partition coefficient (Wildman–Crippen LogP) is 10.4. The first-order valence-electron chi connectivity index (χ1n) is 34.7. The normalized spacial score (nSPS) is 31.4. The smallest absolute Gasteiger partial charge is 0.352 e. The quantitative estimate of drug-likeness (QED) is 0.0265. The van der Waals surface area contributed by atoms with Crippen LogP contribution >= 0.6 is 12.2 Å². The van der Waals surface area contributed by atoms with Gasteiger partial charge in [-0.15, -0.1) is 0 Å². The largest absolute Gasteiger partial charge is 0.543 e. The van der Waals surface area contributed by atoms with Gasteiger partial charge in [0.1, 0.15) is 48.4 Å². The van der Waals surface area contributed by atoms with E-state index < -0.39 is 116 Å². The molecule has 19 nitrogen and oxygen atoms in total. The van der Waals surface area contributed by atoms with E-state index in [1.165, 1.54) is 11.1 Å². The number of fused-ring (bicyclic) bond motifs is 2. The van der Waals surface area contributed by atoms with E-state index in [1.54, 1.807) is 39.8 Å². The molecule has 3 unspecified atom stereocenters. The lowest BCUT2D eigenvalue weighted by Gasteiger charge is -2.56. The van der Waals surface area contributed by atoms with Crippen molar-refractivity contribution in [3.8, 4) is 5.75 Å². The van der Waals surface area contributed by atoms with Crippen molar-refractivity contribution in [2.75, 3.05) is 6.54 Å². The third-order valence-electron chi connectivity index (χ3n) is 20.6. The molecule has 2 aromatic rings. The molecule has 4 heterocycles. The minimum atomic E-state index is -2.29. The van der Waals surface area contributed by atoms with E-state index >= 15 is 4.79 Å². The molecule has 2 bridgehead atoms. The molecule has 95 heavy (non-hydrogen) atoms. The zero-order chi connectivity index (χ0) is 70.1. The fraction of sp³-hybridized carbons (Fsp3) is 0.649. The number of benzene rings is 2. The molecule has 0 aromatic heterocycles. The highest BCUT2D eigenvalue weighted by Crippen LogP contribution is 2.47. The van der Waals surface area contributed by atoms with Crippen molar-refractivity contribution in [3.63, 3.8) is 0 Å². The summed E-state index contributed by atoms with van der Waals surface area (Å²) in [6.45, 7) is 29.9. The van der Waals surface area contributed by atoms with Crippen molar-refractivity contribution in [1.29, 1.82) is 0 Å². The van der Waals surface area contributed by atoms with Crippen molar-refractivity contribution in [1.82, 2.24) is 26.4 Å². The lowest BCUT2D eigenvalue weighted by Crippen LogP contribution is -2.71. The van der Waals surface area contributed by atoms with Gasteiger partial charge >= 0.3 is 11.2 Å². The fourth-order valence-electron chi connectivity index (χ4n) is 12.9. The Morgan fingerprint density at radius 3 is 2.27 bits per heavy atom. The van der Waals surface area contributed by atoms with Crippen LogP contribution in [-0.2, 0) is 55.9 Å². The van der Waals surface area contributed by atoms with Gasteiger partial charge in [0, 0.05) is 67.6 Å². The molecular weight excluding hydrogens is 1240 g/mol. The number of piperidine rings is 1. The number of carbonyl (C=O) groups excluding carboxylic acids is 5. The minimum absolute atomic E-state index is 0.00354. The molecule has 4 aliphatic heterocycles. The Morgan fingerprint density at radius 1 is 0.895 bits per heavy atom. The Hall–Kier alpha value is -5.78. The van der Waals surface area contributed by atoms with Gasteiger partial charge in [0.2, 0.25) is 26.0 Å². The zero-order valence-electron chi connectivity index (χ0n) is 59.0. The van der Waals surface area contributed by atoms with Gasteiger partial charge in [0.25, 0.3) is 5.91 Å². The first-order valence-corrected chi connectivity index (χ1v) is 38.0. The van der Waals surface area contributed by atoms with Gasteiger partial charge in [-0.1, -0.05) is 161 Å². The van der Waals surface area contributed by atoms with Gasteiger partial charge in [0.15, 0.2) is 0 Å². The van der Waals surface area contributed by atoms with Crippen LogP contribution < -0.4 is 25.8 Å². The Labute approximate surface area is 572 Å². The molecule has 0 saturated carbocycles. The molecule has 0 radical (unpaired) electrons. The van der Waals surface area contributed by atoms with Gasteiger partial charge in [-0.05, 0) is 124 Å². The highest BCUT2D eigenvalue weighted by Gasteiger charge is 2.57. The average molecular weight is 1360 g/mol. The molecular formula is C74H113N5O14SSi. The van der Waals surface area contributed by atoms with Gasteiger partial charge in [0.05, 0.1) is 36.4 Å². The molecule has 2 aromatic carbocycles. The Balaban J connectivity index is 1.26. The van der Waals surface area contributed by atoms with Crippen LogP contribution in [0.15, 0.2) is 103 Å². The van der Waals surface area contributed by atoms with Crippen LogP contribution in [0, 0.1) is 47.3 Å². The number of cyclic esters (lactones) is 1. The monoisotopic (exact) mass is 1360 g/mol. The first-order chi connectivity index (χ1) is 44.8. The number of hydrazine groups is 1. The zero-order valence-corrected chi connectivity index (χ0v) is 60.9. The number of nitrogens with one attached hydrogen (secondary N) is 4. The van der Waals surface area contributed by atoms with E-state index in [0.29, 0.717) is 56.3 Å². The van der Waals surface area contributed by atoms with Crippen LogP contribution in [0.25, 0.3) is 0 Å². The third kappa shape index (κ3) is 21.6. The van der Waals surface area contributed by atoms with E-state index in [2.05, 4.69) is 69.1 Å². The van der Waals surface area contributed by atoms with Crippen molar-refractivity contribution in [3.05, 3.63) is 114 Å². The average Bonchev–Trinajstić information content (AvgIpc) is 0.740. The molecule has 3 fully saturated rings. The SMILES string of the molecule is CC[C@H]1C[C@H](C)[C@@]2(NC1=O)O[C@@H](C[C@H](OC(=S)OCc1ccccc1)[C@@H](C)CC/C=C/C=C(\C)C1C/C=C/C=C/[C@H](O)[C@H](C)[C@@H](O)[C@@H](CCC(C)O)C(=O)N[C@@H](C(C)C)C(=O)NC(Cc3cccc(O[Si](C)(C)C(C)(C)C)c3)C(=O)N3CCC[C@H](N3)C(=O)O1)[C@H](C)[C@H](O)[C@@H]2C. The number of rotatable bonds is 20. The van der Waals surface area contributed by atoms with Gasteiger partial charge in [-0.25, -0.2) is 5.43 Å². The summed E-state index contributed by atoms with van der Waals surface area (Å²) >= 11 is 5.72. The van der Waals surface area contributed by atoms with Crippen LogP contribution in [0.1, 0.15) is 165 Å². The molecule has 1 spiro atoms. The number of aliphatic hydroxyl groups is 4. The number of thiocarbonyl (C=S) groups is 1.